The fourth-order valence-electron chi connectivity index (χ4n) is 1.69. The first kappa shape index (κ1) is 12.8. The smallest absolute Gasteiger partial charge is 0.171 e. The number of rotatable bonds is 2. The lowest BCUT2D eigenvalue weighted by Gasteiger charge is -2.12. The van der Waals surface area contributed by atoms with Crippen LogP contribution < -0.4 is 0 Å². The van der Waals surface area contributed by atoms with Crippen molar-refractivity contribution in [1.29, 1.82) is 0 Å². The van der Waals surface area contributed by atoms with Gasteiger partial charge in [0.15, 0.2) is 8.77 Å². The summed E-state index contributed by atoms with van der Waals surface area (Å²) in [6.45, 7) is 0. The Morgan fingerprint density at radius 2 is 1.56 bits per heavy atom. The van der Waals surface area contributed by atoms with Gasteiger partial charge in [0.05, 0.1) is 4.90 Å². The topological polar surface area (TPSA) is 77.8 Å². The zero-order chi connectivity index (χ0) is 13.3. The summed E-state index contributed by atoms with van der Waals surface area (Å²) in [5.74, 6) is -0.306. The van der Waals surface area contributed by atoms with Crippen LogP contribution in [-0.4, -0.2) is 19.0 Å². The fourth-order valence-corrected chi connectivity index (χ4v) is 2.83. The van der Waals surface area contributed by atoms with E-state index in [2.05, 4.69) is 11.2 Å². The molecule has 0 aromatic heterocycles. The van der Waals surface area contributed by atoms with Gasteiger partial charge in [-0.25, -0.2) is 4.21 Å². The van der Waals surface area contributed by atoms with E-state index in [9.17, 15) is 19.0 Å². The van der Waals surface area contributed by atoms with Gasteiger partial charge in [-0.15, -0.1) is 0 Å². The molecule has 0 fully saturated rings. The lowest BCUT2D eigenvalue weighted by molar-refractivity contribution is 0.467. The predicted molar refractivity (Wildman–Crippen MR) is 71.6 cm³/mol. The minimum atomic E-state index is -3.66. The summed E-state index contributed by atoms with van der Waals surface area (Å²) in [5.41, 5.74) is 0.343. The third-order valence-electron chi connectivity index (χ3n) is 2.46. The van der Waals surface area contributed by atoms with Crippen LogP contribution in [0.1, 0.15) is 0 Å². The second-order valence-corrected chi connectivity index (χ2v) is 6.39. The number of phenols is 2. The van der Waals surface area contributed by atoms with Crippen LogP contribution in [0, 0.1) is 0 Å². The highest BCUT2D eigenvalue weighted by molar-refractivity contribution is 8.29. The first-order valence-electron chi connectivity index (χ1n) is 4.99. The molecular formula is C12H10O4S2. The van der Waals surface area contributed by atoms with Crippen molar-refractivity contribution in [3.05, 3.63) is 42.5 Å². The molecule has 94 valence electrons. The molecule has 0 amide bonds. The molecule has 0 aliphatic heterocycles. The second-order valence-electron chi connectivity index (χ2n) is 3.64. The average molecular weight is 282 g/mol. The lowest BCUT2D eigenvalue weighted by Crippen LogP contribution is -1.99. The number of hydrogen-bond donors (Lipinski definition) is 3. The summed E-state index contributed by atoms with van der Waals surface area (Å²) >= 11 is 4.53. The summed E-state index contributed by atoms with van der Waals surface area (Å²) in [4.78, 5) is -0.0843. The quantitative estimate of drug-likeness (QED) is 0.788. The standard InChI is InChI=1S/C12H10O4S2/c13-9-5-2-1-4-8(9)12-10(14)6-3-7-11(12)18(15,16)17/h1-7,13-14H,(H,15,16,17). The fraction of sp³-hybridized carbons (Fsp3) is 0. The van der Waals surface area contributed by atoms with Crippen molar-refractivity contribution >= 4 is 20.0 Å². The van der Waals surface area contributed by atoms with E-state index in [0.29, 0.717) is 0 Å². The molecule has 0 aliphatic carbocycles. The van der Waals surface area contributed by atoms with E-state index < -0.39 is 8.77 Å². The van der Waals surface area contributed by atoms with E-state index in [-0.39, 0.29) is 27.5 Å². The van der Waals surface area contributed by atoms with Crippen LogP contribution >= 0.6 is 0 Å². The zero-order valence-electron chi connectivity index (χ0n) is 9.11. The van der Waals surface area contributed by atoms with E-state index in [4.69, 9.17) is 0 Å². The van der Waals surface area contributed by atoms with Gasteiger partial charge >= 0.3 is 0 Å². The monoisotopic (exact) mass is 282 g/mol. The highest BCUT2D eigenvalue weighted by Crippen LogP contribution is 2.39. The van der Waals surface area contributed by atoms with Crippen molar-refractivity contribution in [2.24, 2.45) is 0 Å². The van der Waals surface area contributed by atoms with Gasteiger partial charge in [0.2, 0.25) is 0 Å². The molecule has 4 nitrogen and oxygen atoms in total. The Morgan fingerprint density at radius 1 is 0.944 bits per heavy atom. The maximum Gasteiger partial charge on any atom is 0.171 e. The highest BCUT2D eigenvalue weighted by Gasteiger charge is 2.19. The summed E-state index contributed by atoms with van der Waals surface area (Å²) in [6, 6.07) is 10.4. The van der Waals surface area contributed by atoms with E-state index in [1.54, 1.807) is 12.1 Å². The molecule has 0 heterocycles. The molecule has 0 saturated heterocycles. The summed E-state index contributed by atoms with van der Waals surface area (Å²) in [6.07, 6.45) is 0. The molecule has 1 atom stereocenters. The molecule has 1 unspecified atom stereocenters. The van der Waals surface area contributed by atoms with Gasteiger partial charge < -0.3 is 14.8 Å². The maximum atomic E-state index is 11.6. The van der Waals surface area contributed by atoms with Crippen LogP contribution in [0.5, 0.6) is 11.5 Å². The molecule has 2 rings (SSSR count). The van der Waals surface area contributed by atoms with Gasteiger partial charge in [0.1, 0.15) is 11.5 Å². The SMILES string of the molecule is O=S(O)(=S)c1cccc(O)c1-c1ccccc1O. The molecule has 6 heteroatoms. The average Bonchev–Trinajstić information content (AvgIpc) is 2.29. The molecule has 3 N–H and O–H groups in total. The Balaban J connectivity index is 2.84. The van der Waals surface area contributed by atoms with E-state index >= 15 is 0 Å². The lowest BCUT2D eigenvalue weighted by atomic mass is 10.0. The van der Waals surface area contributed by atoms with Crippen molar-refractivity contribution in [1.82, 2.24) is 0 Å². The Labute approximate surface area is 109 Å². The van der Waals surface area contributed by atoms with Crippen molar-refractivity contribution in [2.45, 2.75) is 4.90 Å². The van der Waals surface area contributed by atoms with Gasteiger partial charge in [-0.05, 0) is 18.2 Å². The number of para-hydroxylation sites is 1. The summed E-state index contributed by atoms with van der Waals surface area (Å²) in [7, 11) is -3.66. The number of phenolic OH excluding ortho intramolecular Hbond substituents is 2. The maximum absolute atomic E-state index is 11.6. The minimum Gasteiger partial charge on any atom is -0.507 e. The predicted octanol–water partition coefficient (Wildman–Crippen LogP) is 2.34. The molecule has 0 radical (unpaired) electrons. The number of hydrogen-bond acceptors (Lipinski definition) is 4. The summed E-state index contributed by atoms with van der Waals surface area (Å²) < 4.78 is 21.1. The normalized spacial score (nSPS) is 14.1. The Morgan fingerprint density at radius 3 is 2.17 bits per heavy atom. The largest absolute Gasteiger partial charge is 0.507 e. The Bertz CT molecular complexity index is 693. The minimum absolute atomic E-state index is 0.0816. The van der Waals surface area contributed by atoms with Crippen LogP contribution in [0.25, 0.3) is 11.1 Å². The van der Waals surface area contributed by atoms with Gasteiger partial charge in [-0.1, -0.05) is 24.3 Å². The van der Waals surface area contributed by atoms with Crippen LogP contribution in [0.4, 0.5) is 0 Å². The van der Waals surface area contributed by atoms with Crippen molar-refractivity contribution < 1.29 is 19.0 Å². The second kappa shape index (κ2) is 4.56. The van der Waals surface area contributed by atoms with Crippen molar-refractivity contribution in [2.75, 3.05) is 0 Å². The first-order valence-corrected chi connectivity index (χ1v) is 7.43. The van der Waals surface area contributed by atoms with Crippen LogP contribution in [0.2, 0.25) is 0 Å². The third-order valence-corrected chi connectivity index (χ3v) is 3.89. The molecule has 0 saturated carbocycles. The Kier molecular flexibility index (Phi) is 3.25. The van der Waals surface area contributed by atoms with Crippen LogP contribution in [0.15, 0.2) is 47.4 Å². The molecule has 2 aromatic carbocycles. The van der Waals surface area contributed by atoms with Gasteiger partial charge in [-0.2, -0.15) is 0 Å². The zero-order valence-corrected chi connectivity index (χ0v) is 10.7. The number of aromatic hydroxyl groups is 2. The molecule has 0 bridgehead atoms. The van der Waals surface area contributed by atoms with Crippen LogP contribution in [-0.2, 0) is 20.0 Å². The van der Waals surface area contributed by atoms with Crippen molar-refractivity contribution in [3.63, 3.8) is 0 Å². The molecular weight excluding hydrogens is 272 g/mol. The Hall–Kier alpha value is -1.63. The molecule has 0 aliphatic rings. The molecule has 2 aromatic rings. The third kappa shape index (κ3) is 2.31. The van der Waals surface area contributed by atoms with Gasteiger partial charge in [0.25, 0.3) is 0 Å². The van der Waals surface area contributed by atoms with Crippen LogP contribution in [0.3, 0.4) is 0 Å². The molecule has 0 spiro atoms. The van der Waals surface area contributed by atoms with E-state index in [0.717, 1.165) is 0 Å². The first-order chi connectivity index (χ1) is 8.41. The van der Waals surface area contributed by atoms with E-state index in [1.807, 2.05) is 0 Å². The van der Waals surface area contributed by atoms with E-state index in [1.165, 1.54) is 30.3 Å². The highest BCUT2D eigenvalue weighted by atomic mass is 32.8. The van der Waals surface area contributed by atoms with Gasteiger partial charge in [-0.3, -0.25) is 0 Å². The van der Waals surface area contributed by atoms with Crippen molar-refractivity contribution in [3.8, 4) is 22.6 Å². The summed E-state index contributed by atoms with van der Waals surface area (Å²) in [5, 5.41) is 19.6. The van der Waals surface area contributed by atoms with Gasteiger partial charge in [0, 0.05) is 22.3 Å². The molecule has 18 heavy (non-hydrogen) atoms. The number of benzene rings is 2.